The third-order valence-corrected chi connectivity index (χ3v) is 4.99. The Morgan fingerprint density at radius 1 is 0.643 bits per heavy atom. The second kappa shape index (κ2) is 13.8. The van der Waals surface area contributed by atoms with Crippen LogP contribution in [-0.2, 0) is 22.3 Å². The molecule has 2 aromatic rings. The van der Waals surface area contributed by atoms with E-state index < -0.39 is 0 Å². The van der Waals surface area contributed by atoms with Gasteiger partial charge < -0.3 is 9.47 Å². The molecule has 152 valence electrons. The summed E-state index contributed by atoms with van der Waals surface area (Å²) in [7, 11) is 0. The first-order valence-corrected chi connectivity index (χ1v) is 11.1. The van der Waals surface area contributed by atoms with Crippen molar-refractivity contribution < 1.29 is 14.3 Å². The molecule has 0 aromatic heterocycles. The van der Waals surface area contributed by atoms with Gasteiger partial charge in [0.2, 0.25) is 0 Å². The Balaban J connectivity index is 1.80. The van der Waals surface area contributed by atoms with Crippen molar-refractivity contribution in [3.05, 3.63) is 70.8 Å². The van der Waals surface area contributed by atoms with Crippen molar-refractivity contribution in [1.82, 2.24) is 0 Å². The summed E-state index contributed by atoms with van der Waals surface area (Å²) in [6.45, 7) is 1.50. The molecule has 0 atom stereocenters. The molecule has 0 aliphatic carbocycles. The highest BCUT2D eigenvalue weighted by Crippen LogP contribution is 2.15. The summed E-state index contributed by atoms with van der Waals surface area (Å²) in [6, 6.07) is 15.9. The average molecular weight is 419 g/mol. The van der Waals surface area contributed by atoms with Crippen LogP contribution in [0.3, 0.4) is 0 Å². The van der Waals surface area contributed by atoms with Gasteiger partial charge in [-0.1, -0.05) is 48.5 Å². The van der Waals surface area contributed by atoms with E-state index in [9.17, 15) is 4.79 Å². The minimum atomic E-state index is 0.0717. The highest BCUT2D eigenvalue weighted by atomic mass is 32.1. The Labute approximate surface area is 179 Å². The first-order chi connectivity index (χ1) is 13.7. The predicted octanol–water partition coefficient (Wildman–Crippen LogP) is 5.37. The predicted molar refractivity (Wildman–Crippen MR) is 122 cm³/mol. The van der Waals surface area contributed by atoms with E-state index in [2.05, 4.69) is 25.3 Å². The van der Waals surface area contributed by atoms with Crippen molar-refractivity contribution in [2.75, 3.05) is 25.1 Å². The van der Waals surface area contributed by atoms with Crippen LogP contribution in [0, 0.1) is 0 Å². The molecule has 5 heteroatoms. The molecular formula is C23H30O3S2. The van der Waals surface area contributed by atoms with Crippen molar-refractivity contribution in [3.63, 3.8) is 0 Å². The van der Waals surface area contributed by atoms with Gasteiger partial charge in [0.25, 0.3) is 0 Å². The largest absolute Gasteiger partial charge is 0.371 e. The minimum absolute atomic E-state index is 0.0717. The van der Waals surface area contributed by atoms with Crippen molar-refractivity contribution >= 4 is 31.0 Å². The molecule has 2 rings (SSSR count). The molecule has 0 unspecified atom stereocenters. The van der Waals surface area contributed by atoms with Crippen molar-refractivity contribution in [2.45, 2.75) is 38.5 Å². The number of ether oxygens (including phenoxy) is 2. The molecule has 2 aromatic carbocycles. The summed E-state index contributed by atoms with van der Waals surface area (Å²) in [4.78, 5) is 12.7. The van der Waals surface area contributed by atoms with Crippen LogP contribution < -0.4 is 0 Å². The number of rotatable bonds is 14. The summed E-state index contributed by atoms with van der Waals surface area (Å²) in [5.74, 6) is 1.02. The topological polar surface area (TPSA) is 35.5 Å². The van der Waals surface area contributed by atoms with Crippen LogP contribution in [0.15, 0.2) is 48.5 Å². The van der Waals surface area contributed by atoms with E-state index in [4.69, 9.17) is 9.47 Å². The lowest BCUT2D eigenvalue weighted by Gasteiger charge is -2.06. The van der Waals surface area contributed by atoms with E-state index in [-0.39, 0.29) is 5.78 Å². The molecule has 0 aliphatic heterocycles. The fourth-order valence-electron chi connectivity index (χ4n) is 3.01. The number of ketones is 1. The first-order valence-electron chi connectivity index (χ1n) is 9.84. The first kappa shape index (κ1) is 23.0. The Kier molecular flexibility index (Phi) is 11.4. The Bertz CT molecular complexity index is 624. The summed E-state index contributed by atoms with van der Waals surface area (Å²) < 4.78 is 10.5. The Hall–Kier alpha value is -1.27. The number of unbranched alkanes of at least 4 members (excludes halogenated alkanes) is 2. The van der Waals surface area contributed by atoms with Crippen LogP contribution in [0.1, 0.15) is 52.7 Å². The third kappa shape index (κ3) is 8.39. The highest BCUT2D eigenvalue weighted by molar-refractivity contribution is 7.80. The molecule has 0 spiro atoms. The molecule has 0 heterocycles. The number of carbonyl (C=O) groups is 1. The van der Waals surface area contributed by atoms with Crippen LogP contribution in [0.2, 0.25) is 0 Å². The number of thiol groups is 2. The van der Waals surface area contributed by atoms with E-state index in [1.54, 1.807) is 0 Å². The van der Waals surface area contributed by atoms with Gasteiger partial charge in [-0.05, 0) is 49.7 Å². The minimum Gasteiger partial charge on any atom is -0.371 e. The molecule has 28 heavy (non-hydrogen) atoms. The van der Waals surface area contributed by atoms with Gasteiger partial charge >= 0.3 is 0 Å². The van der Waals surface area contributed by atoms with Crippen LogP contribution >= 0.6 is 25.3 Å². The number of hydrogen-bond acceptors (Lipinski definition) is 5. The van der Waals surface area contributed by atoms with Gasteiger partial charge in [-0.15, -0.1) is 0 Å². The maximum atomic E-state index is 12.7. The summed E-state index contributed by atoms with van der Waals surface area (Å²) in [5.41, 5.74) is 3.97. The summed E-state index contributed by atoms with van der Waals surface area (Å²) >= 11 is 8.05. The van der Waals surface area contributed by atoms with Gasteiger partial charge in [0.1, 0.15) is 0 Å². The van der Waals surface area contributed by atoms with Crippen molar-refractivity contribution in [3.8, 4) is 0 Å². The molecule has 0 saturated carbocycles. The fraction of sp³-hybridized carbons (Fsp3) is 0.435. The Morgan fingerprint density at radius 2 is 1.04 bits per heavy atom. The summed E-state index contributed by atoms with van der Waals surface area (Å²) in [5, 5.41) is 0. The normalized spacial score (nSPS) is 10.9. The zero-order valence-corrected chi connectivity index (χ0v) is 18.1. The maximum absolute atomic E-state index is 12.7. The van der Waals surface area contributed by atoms with Crippen LogP contribution in [0.25, 0.3) is 0 Å². The zero-order chi connectivity index (χ0) is 20.0. The van der Waals surface area contributed by atoms with Crippen LogP contribution in [0.5, 0.6) is 0 Å². The monoisotopic (exact) mass is 418 g/mol. The van der Waals surface area contributed by atoms with Gasteiger partial charge in [0, 0.05) is 24.3 Å². The number of aryl methyl sites for hydroxylation is 2. The second-order valence-corrected chi connectivity index (χ2v) is 7.23. The van der Waals surface area contributed by atoms with Gasteiger partial charge in [-0.3, -0.25) is 4.79 Å². The van der Waals surface area contributed by atoms with E-state index in [1.807, 2.05) is 48.5 Å². The smallest absolute Gasteiger partial charge is 0.193 e. The molecule has 0 aliphatic rings. The zero-order valence-electron chi connectivity index (χ0n) is 16.3. The molecule has 3 nitrogen and oxygen atoms in total. The molecule has 0 N–H and O–H groups in total. The van der Waals surface area contributed by atoms with Gasteiger partial charge in [0.05, 0.1) is 11.9 Å². The van der Waals surface area contributed by atoms with Crippen molar-refractivity contribution in [1.29, 1.82) is 0 Å². The fourth-order valence-corrected chi connectivity index (χ4v) is 3.27. The van der Waals surface area contributed by atoms with E-state index in [1.165, 1.54) is 11.1 Å². The lowest BCUT2D eigenvalue weighted by Crippen LogP contribution is -2.02. The van der Waals surface area contributed by atoms with Crippen LogP contribution in [-0.4, -0.2) is 30.9 Å². The average Bonchev–Trinajstić information content (AvgIpc) is 2.74. The highest BCUT2D eigenvalue weighted by Gasteiger charge is 2.09. The number of hydrogen-bond donors (Lipinski definition) is 2. The second-order valence-electron chi connectivity index (χ2n) is 6.71. The summed E-state index contributed by atoms with van der Waals surface area (Å²) in [6.07, 6.45) is 6.19. The molecule has 0 amide bonds. The van der Waals surface area contributed by atoms with Crippen molar-refractivity contribution in [2.24, 2.45) is 0 Å². The van der Waals surface area contributed by atoms with Crippen LogP contribution in [0.4, 0.5) is 0 Å². The molecule has 0 bridgehead atoms. The number of carbonyl (C=O) groups excluding carboxylic acids is 1. The standard InChI is InChI=1S/C23H30O3S2/c24-23(21-11-7-19(8-12-21)5-1-3-15-25-17-27)22-13-9-20(10-14-22)6-2-4-16-26-18-28/h7-14,27-28H,1-6,15-18H2. The van der Waals surface area contributed by atoms with Gasteiger partial charge in [-0.2, -0.15) is 25.3 Å². The SMILES string of the molecule is O=C(c1ccc(CCCCOCS)cc1)c1ccc(CCCCOCS)cc1. The van der Waals surface area contributed by atoms with E-state index in [0.717, 1.165) is 62.9 Å². The Morgan fingerprint density at radius 3 is 1.39 bits per heavy atom. The van der Waals surface area contributed by atoms with E-state index in [0.29, 0.717) is 11.9 Å². The quantitative estimate of drug-likeness (QED) is 0.187. The maximum Gasteiger partial charge on any atom is 0.193 e. The molecule has 0 radical (unpaired) electrons. The molecule has 0 fully saturated rings. The molecular weight excluding hydrogens is 388 g/mol. The lowest BCUT2D eigenvalue weighted by atomic mass is 9.98. The van der Waals surface area contributed by atoms with Gasteiger partial charge in [0.15, 0.2) is 5.78 Å². The molecule has 0 saturated heterocycles. The van der Waals surface area contributed by atoms with E-state index >= 15 is 0 Å². The lowest BCUT2D eigenvalue weighted by molar-refractivity contribution is 0.103. The van der Waals surface area contributed by atoms with Gasteiger partial charge in [-0.25, -0.2) is 0 Å². The third-order valence-electron chi connectivity index (χ3n) is 4.62. The number of benzene rings is 2.